The van der Waals surface area contributed by atoms with Gasteiger partial charge in [0.25, 0.3) is 5.69 Å². The summed E-state index contributed by atoms with van der Waals surface area (Å²) in [5.74, 6) is 0. The number of non-ortho nitro benzene ring substituents is 1. The number of nitro groups is 1. The van der Waals surface area contributed by atoms with Crippen LogP contribution in [0.3, 0.4) is 0 Å². The molecule has 0 heterocycles. The molecule has 0 saturated carbocycles. The van der Waals surface area contributed by atoms with E-state index in [-0.39, 0.29) is 17.7 Å². The molecule has 112 valence electrons. The molecule has 0 saturated heterocycles. The summed E-state index contributed by atoms with van der Waals surface area (Å²) in [6.07, 6.45) is 1.79. The van der Waals surface area contributed by atoms with Crippen molar-refractivity contribution in [2.45, 2.75) is 33.2 Å². The second-order valence-corrected chi connectivity index (χ2v) is 5.96. The molecule has 0 bridgehead atoms. The molecule has 20 heavy (non-hydrogen) atoms. The van der Waals surface area contributed by atoms with Crippen LogP contribution in [0, 0.1) is 15.5 Å². The van der Waals surface area contributed by atoms with Gasteiger partial charge in [-0.15, -0.1) is 0 Å². The first-order valence-electron chi connectivity index (χ1n) is 6.72. The Morgan fingerprint density at radius 3 is 2.50 bits per heavy atom. The van der Waals surface area contributed by atoms with Gasteiger partial charge in [-0.05, 0) is 24.5 Å². The number of nitrogens with one attached hydrogen (secondary N) is 1. The predicted molar refractivity (Wildman–Crippen MR) is 82.6 cm³/mol. The molecule has 5 nitrogen and oxygen atoms in total. The van der Waals surface area contributed by atoms with Crippen LogP contribution in [0.4, 0.5) is 5.69 Å². The smallest absolute Gasteiger partial charge is 0.270 e. The van der Waals surface area contributed by atoms with Gasteiger partial charge < -0.3 is 10.4 Å². The van der Waals surface area contributed by atoms with Gasteiger partial charge in [0.15, 0.2) is 0 Å². The van der Waals surface area contributed by atoms with E-state index in [1.165, 1.54) is 6.07 Å². The molecule has 0 fully saturated rings. The van der Waals surface area contributed by atoms with Crippen molar-refractivity contribution in [1.29, 1.82) is 0 Å². The summed E-state index contributed by atoms with van der Waals surface area (Å²) in [7, 11) is 0. The first kappa shape index (κ1) is 17.1. The number of aliphatic hydroxyl groups excluding tert-OH is 1. The number of halogens is 1. The predicted octanol–water partition coefficient (Wildman–Crippen LogP) is 3.25. The molecule has 0 amide bonds. The zero-order valence-corrected chi connectivity index (χ0v) is 13.4. The Balaban J connectivity index is 2.68. The highest BCUT2D eigenvalue weighted by atomic mass is 79.9. The molecule has 6 heteroatoms. The van der Waals surface area contributed by atoms with Crippen molar-refractivity contribution < 1.29 is 10.0 Å². The summed E-state index contributed by atoms with van der Waals surface area (Å²) >= 11 is 3.28. The van der Waals surface area contributed by atoms with Crippen molar-refractivity contribution in [2.75, 3.05) is 13.2 Å². The molecule has 0 atom stereocenters. The lowest BCUT2D eigenvalue weighted by Gasteiger charge is -2.29. The number of nitrogens with zero attached hydrogens (tertiary/aromatic N) is 1. The summed E-state index contributed by atoms with van der Waals surface area (Å²) in [5, 5.41) is 23.6. The molecule has 0 spiro atoms. The van der Waals surface area contributed by atoms with Crippen LogP contribution in [-0.2, 0) is 6.54 Å². The third-order valence-electron chi connectivity index (χ3n) is 3.82. The van der Waals surface area contributed by atoms with E-state index in [0.717, 1.165) is 18.4 Å². The van der Waals surface area contributed by atoms with Gasteiger partial charge in [-0.25, -0.2) is 0 Å². The zero-order valence-electron chi connectivity index (χ0n) is 11.9. The lowest BCUT2D eigenvalue weighted by molar-refractivity contribution is -0.385. The van der Waals surface area contributed by atoms with Crippen LogP contribution in [0.2, 0.25) is 0 Å². The third kappa shape index (κ3) is 4.54. The highest BCUT2D eigenvalue weighted by Gasteiger charge is 2.24. The van der Waals surface area contributed by atoms with Crippen molar-refractivity contribution in [3.05, 3.63) is 38.3 Å². The average Bonchev–Trinajstić information content (AvgIpc) is 2.43. The molecule has 2 N–H and O–H groups in total. The van der Waals surface area contributed by atoms with Crippen molar-refractivity contribution in [1.82, 2.24) is 5.32 Å². The second kappa shape index (κ2) is 7.71. The Kier molecular flexibility index (Phi) is 6.58. The number of hydrogen-bond donors (Lipinski definition) is 2. The van der Waals surface area contributed by atoms with Crippen molar-refractivity contribution in [3.63, 3.8) is 0 Å². The molecule has 1 aromatic carbocycles. The first-order valence-corrected chi connectivity index (χ1v) is 7.51. The molecular weight excluding hydrogens is 324 g/mol. The van der Waals surface area contributed by atoms with Gasteiger partial charge in [-0.2, -0.15) is 0 Å². The minimum absolute atomic E-state index is 0.0792. The van der Waals surface area contributed by atoms with Crippen molar-refractivity contribution in [3.8, 4) is 0 Å². The van der Waals surface area contributed by atoms with Crippen LogP contribution in [-0.4, -0.2) is 23.2 Å². The maximum atomic E-state index is 10.8. The Morgan fingerprint density at radius 1 is 1.35 bits per heavy atom. The summed E-state index contributed by atoms with van der Waals surface area (Å²) in [6, 6.07) is 4.91. The van der Waals surface area contributed by atoms with E-state index in [4.69, 9.17) is 0 Å². The molecule has 0 radical (unpaired) electrons. The van der Waals surface area contributed by atoms with E-state index >= 15 is 0 Å². The van der Waals surface area contributed by atoms with Gasteiger partial charge in [-0.3, -0.25) is 10.1 Å². The van der Waals surface area contributed by atoms with E-state index in [2.05, 4.69) is 35.1 Å². The van der Waals surface area contributed by atoms with Crippen molar-refractivity contribution >= 4 is 21.6 Å². The molecule has 1 rings (SSSR count). The van der Waals surface area contributed by atoms with Gasteiger partial charge in [0.1, 0.15) is 0 Å². The summed E-state index contributed by atoms with van der Waals surface area (Å²) < 4.78 is 0.697. The normalized spacial score (nSPS) is 11.6. The van der Waals surface area contributed by atoms with Gasteiger partial charge in [0, 0.05) is 41.7 Å². The van der Waals surface area contributed by atoms with Gasteiger partial charge >= 0.3 is 0 Å². The molecular formula is C14H21BrN2O3. The first-order chi connectivity index (χ1) is 9.46. The number of nitro benzene ring substituents is 1. The standard InChI is InChI=1S/C14H21BrN2O3/c1-3-14(4-2,10-18)9-16-8-11-5-12(15)7-13(6-11)17(19)20/h5-7,16,18H,3-4,8-10H2,1-2H3. The number of rotatable bonds is 8. The SMILES string of the molecule is CCC(CC)(CO)CNCc1cc(Br)cc([N+](=O)[O-])c1. The fourth-order valence-electron chi connectivity index (χ4n) is 2.09. The van der Waals surface area contributed by atoms with E-state index in [1.54, 1.807) is 6.07 Å². The molecule has 0 unspecified atom stereocenters. The fourth-order valence-corrected chi connectivity index (χ4v) is 2.62. The second-order valence-electron chi connectivity index (χ2n) is 5.04. The number of aliphatic hydroxyl groups is 1. The maximum Gasteiger partial charge on any atom is 0.270 e. The average molecular weight is 345 g/mol. The highest BCUT2D eigenvalue weighted by Crippen LogP contribution is 2.25. The van der Waals surface area contributed by atoms with Crippen LogP contribution in [0.1, 0.15) is 32.3 Å². The molecule has 0 aliphatic heterocycles. The van der Waals surface area contributed by atoms with Crippen LogP contribution >= 0.6 is 15.9 Å². The van der Waals surface area contributed by atoms with Crippen molar-refractivity contribution in [2.24, 2.45) is 5.41 Å². The molecule has 0 aliphatic rings. The highest BCUT2D eigenvalue weighted by molar-refractivity contribution is 9.10. The van der Waals surface area contributed by atoms with E-state index in [9.17, 15) is 15.2 Å². The minimum Gasteiger partial charge on any atom is -0.396 e. The summed E-state index contributed by atoms with van der Waals surface area (Å²) in [4.78, 5) is 10.4. The quantitative estimate of drug-likeness (QED) is 0.560. The third-order valence-corrected chi connectivity index (χ3v) is 4.28. The summed E-state index contributed by atoms with van der Waals surface area (Å²) in [6.45, 7) is 5.50. The summed E-state index contributed by atoms with van der Waals surface area (Å²) in [5.41, 5.74) is 0.818. The lowest BCUT2D eigenvalue weighted by atomic mass is 9.83. The van der Waals surface area contributed by atoms with Gasteiger partial charge in [0.2, 0.25) is 0 Å². The molecule has 1 aromatic rings. The minimum atomic E-state index is -0.398. The molecule has 0 aromatic heterocycles. The zero-order chi connectivity index (χ0) is 15.2. The lowest BCUT2D eigenvalue weighted by Crippen LogP contribution is -2.36. The maximum absolute atomic E-state index is 10.8. The largest absolute Gasteiger partial charge is 0.396 e. The van der Waals surface area contributed by atoms with Crippen LogP contribution < -0.4 is 5.32 Å². The fraction of sp³-hybridized carbons (Fsp3) is 0.571. The van der Waals surface area contributed by atoms with Crippen LogP contribution in [0.5, 0.6) is 0 Å². The molecule has 0 aliphatic carbocycles. The van der Waals surface area contributed by atoms with E-state index in [0.29, 0.717) is 17.6 Å². The van der Waals surface area contributed by atoms with E-state index < -0.39 is 4.92 Å². The number of benzene rings is 1. The van der Waals surface area contributed by atoms with Crippen LogP contribution in [0.25, 0.3) is 0 Å². The topological polar surface area (TPSA) is 75.4 Å². The Hall–Kier alpha value is -0.980. The monoisotopic (exact) mass is 344 g/mol. The van der Waals surface area contributed by atoms with Crippen LogP contribution in [0.15, 0.2) is 22.7 Å². The van der Waals surface area contributed by atoms with Gasteiger partial charge in [0.05, 0.1) is 4.92 Å². The van der Waals surface area contributed by atoms with Gasteiger partial charge in [-0.1, -0.05) is 29.8 Å². The Labute approximate surface area is 127 Å². The van der Waals surface area contributed by atoms with E-state index in [1.807, 2.05) is 6.07 Å². The Bertz CT molecular complexity index is 453. The Morgan fingerprint density at radius 2 is 2.00 bits per heavy atom. The number of hydrogen-bond acceptors (Lipinski definition) is 4.